The molecular formula is C19H17NOS2. The average Bonchev–Trinajstić information content (AvgIpc) is 2.63. The van der Waals surface area contributed by atoms with Gasteiger partial charge in [-0.2, -0.15) is 0 Å². The maximum Gasteiger partial charge on any atom is 0.177 e. The van der Waals surface area contributed by atoms with E-state index in [-0.39, 0.29) is 6.61 Å². The summed E-state index contributed by atoms with van der Waals surface area (Å²) in [5.74, 6) is 4.20. The molecule has 0 saturated carbocycles. The first kappa shape index (κ1) is 16.0. The van der Waals surface area contributed by atoms with Gasteiger partial charge in [-0.15, -0.1) is 29.9 Å². The quantitative estimate of drug-likeness (QED) is 0.452. The van der Waals surface area contributed by atoms with Crippen molar-refractivity contribution < 1.29 is 4.84 Å². The Morgan fingerprint density at radius 2 is 1.65 bits per heavy atom. The zero-order valence-corrected chi connectivity index (χ0v) is 14.3. The zero-order chi connectivity index (χ0) is 15.9. The first-order valence-corrected chi connectivity index (χ1v) is 9.46. The SMILES string of the molecule is C#CCON=C1CSC(c2ccc(-c3ccccc3)cc2)SC1. The minimum atomic E-state index is 0.239. The Bertz CT molecular complexity index is 694. The smallest absolute Gasteiger partial charge is 0.177 e. The van der Waals surface area contributed by atoms with E-state index in [0.717, 1.165) is 17.2 Å². The second-order valence-corrected chi connectivity index (χ2v) is 7.56. The molecule has 1 aliphatic heterocycles. The fraction of sp³-hybridized carbons (Fsp3) is 0.211. The predicted molar refractivity (Wildman–Crippen MR) is 102 cm³/mol. The second-order valence-electron chi connectivity index (χ2n) is 5.08. The number of rotatable bonds is 4. The van der Waals surface area contributed by atoms with Crippen molar-refractivity contribution in [1.82, 2.24) is 0 Å². The van der Waals surface area contributed by atoms with Gasteiger partial charge in [-0.3, -0.25) is 0 Å². The third kappa shape index (κ3) is 4.34. The molecule has 0 spiro atoms. The van der Waals surface area contributed by atoms with E-state index >= 15 is 0 Å². The van der Waals surface area contributed by atoms with Crippen LogP contribution in [0.4, 0.5) is 0 Å². The zero-order valence-electron chi connectivity index (χ0n) is 12.6. The standard InChI is InChI=1S/C19H17NOS2/c1-2-12-21-20-18-13-22-19(23-14-18)17-10-8-16(9-11-17)15-6-4-3-5-7-15/h1,3-11,19H,12-14H2. The van der Waals surface area contributed by atoms with Crippen LogP contribution >= 0.6 is 23.5 Å². The van der Waals surface area contributed by atoms with Crippen molar-refractivity contribution in [2.75, 3.05) is 18.1 Å². The maximum absolute atomic E-state index is 5.14. The summed E-state index contributed by atoms with van der Waals surface area (Å²) in [6.07, 6.45) is 5.14. The molecule has 0 unspecified atom stereocenters. The van der Waals surface area contributed by atoms with Crippen LogP contribution in [0.15, 0.2) is 59.8 Å². The second kappa shape index (κ2) is 8.14. The van der Waals surface area contributed by atoms with Crippen molar-refractivity contribution in [3.8, 4) is 23.5 Å². The molecule has 0 radical (unpaired) electrons. The van der Waals surface area contributed by atoms with Crippen LogP contribution in [0, 0.1) is 12.3 Å². The van der Waals surface area contributed by atoms with Gasteiger partial charge in [0.1, 0.15) is 0 Å². The Morgan fingerprint density at radius 3 is 2.30 bits per heavy atom. The summed E-state index contributed by atoms with van der Waals surface area (Å²) in [6, 6.07) is 19.3. The fourth-order valence-corrected chi connectivity index (χ4v) is 4.92. The molecule has 0 amide bonds. The molecular weight excluding hydrogens is 322 g/mol. The van der Waals surface area contributed by atoms with Crippen LogP contribution < -0.4 is 0 Å². The largest absolute Gasteiger partial charge is 0.383 e. The van der Waals surface area contributed by atoms with Crippen molar-refractivity contribution in [1.29, 1.82) is 0 Å². The minimum Gasteiger partial charge on any atom is -0.383 e. The molecule has 2 aromatic rings. The predicted octanol–water partition coefficient (Wildman–Crippen LogP) is 4.84. The van der Waals surface area contributed by atoms with Gasteiger partial charge in [-0.25, -0.2) is 0 Å². The Morgan fingerprint density at radius 1 is 1.00 bits per heavy atom. The van der Waals surface area contributed by atoms with Gasteiger partial charge >= 0.3 is 0 Å². The molecule has 116 valence electrons. The highest BCUT2D eigenvalue weighted by Crippen LogP contribution is 2.43. The summed E-state index contributed by atoms with van der Waals surface area (Å²) < 4.78 is 0.450. The average molecular weight is 339 g/mol. The summed E-state index contributed by atoms with van der Waals surface area (Å²) in [5.41, 5.74) is 4.92. The van der Waals surface area contributed by atoms with E-state index in [1.54, 1.807) is 0 Å². The highest BCUT2D eigenvalue weighted by Gasteiger charge is 2.20. The number of hydrogen-bond acceptors (Lipinski definition) is 4. The molecule has 0 bridgehead atoms. The third-order valence-corrected chi connectivity index (χ3v) is 6.40. The number of thioether (sulfide) groups is 2. The topological polar surface area (TPSA) is 21.6 Å². The molecule has 3 rings (SSSR count). The maximum atomic E-state index is 5.14. The molecule has 0 atom stereocenters. The Labute approximate surface area is 145 Å². The minimum absolute atomic E-state index is 0.239. The molecule has 1 aliphatic rings. The summed E-state index contributed by atoms with van der Waals surface area (Å²) in [6.45, 7) is 0.239. The monoisotopic (exact) mass is 339 g/mol. The van der Waals surface area contributed by atoms with Crippen LogP contribution in [0.5, 0.6) is 0 Å². The van der Waals surface area contributed by atoms with Crippen LogP contribution in [0.3, 0.4) is 0 Å². The van der Waals surface area contributed by atoms with Gasteiger partial charge in [-0.05, 0) is 16.7 Å². The van der Waals surface area contributed by atoms with Crippen LogP contribution in [0.1, 0.15) is 10.1 Å². The highest BCUT2D eigenvalue weighted by molar-refractivity contribution is 8.18. The van der Waals surface area contributed by atoms with Gasteiger partial charge in [0.2, 0.25) is 0 Å². The lowest BCUT2D eigenvalue weighted by Crippen LogP contribution is -2.14. The van der Waals surface area contributed by atoms with E-state index in [1.807, 2.05) is 29.6 Å². The van der Waals surface area contributed by atoms with Gasteiger partial charge in [0.25, 0.3) is 0 Å². The number of terminal acetylenes is 1. The Kier molecular flexibility index (Phi) is 5.68. The molecule has 0 aliphatic carbocycles. The molecule has 1 heterocycles. The summed E-state index contributed by atoms with van der Waals surface area (Å²) in [7, 11) is 0. The lowest BCUT2D eigenvalue weighted by molar-refractivity contribution is 0.179. The lowest BCUT2D eigenvalue weighted by atomic mass is 10.0. The van der Waals surface area contributed by atoms with Crippen LogP contribution in [-0.2, 0) is 4.84 Å². The van der Waals surface area contributed by atoms with Gasteiger partial charge < -0.3 is 4.84 Å². The number of nitrogens with zero attached hydrogens (tertiary/aromatic N) is 1. The number of hydrogen-bond donors (Lipinski definition) is 0. The first-order chi connectivity index (χ1) is 11.4. The van der Waals surface area contributed by atoms with E-state index < -0.39 is 0 Å². The van der Waals surface area contributed by atoms with Crippen molar-refractivity contribution in [2.24, 2.45) is 5.16 Å². The molecule has 4 heteroatoms. The van der Waals surface area contributed by atoms with Gasteiger partial charge in [0.05, 0.1) is 10.3 Å². The number of benzene rings is 2. The van der Waals surface area contributed by atoms with Crippen molar-refractivity contribution in [3.63, 3.8) is 0 Å². The lowest BCUT2D eigenvalue weighted by Gasteiger charge is -2.22. The number of oxime groups is 1. The molecule has 23 heavy (non-hydrogen) atoms. The van der Waals surface area contributed by atoms with Crippen LogP contribution in [0.2, 0.25) is 0 Å². The van der Waals surface area contributed by atoms with Gasteiger partial charge in [-0.1, -0.05) is 65.7 Å². The summed E-state index contributed by atoms with van der Waals surface area (Å²) in [5, 5.41) is 4.09. The van der Waals surface area contributed by atoms with Crippen LogP contribution in [0.25, 0.3) is 11.1 Å². The Balaban J connectivity index is 1.61. The summed E-state index contributed by atoms with van der Waals surface area (Å²) >= 11 is 3.77. The molecule has 0 aromatic heterocycles. The van der Waals surface area contributed by atoms with Crippen molar-refractivity contribution >= 4 is 29.2 Å². The normalized spacial score (nSPS) is 17.3. The van der Waals surface area contributed by atoms with Crippen molar-refractivity contribution in [3.05, 3.63) is 60.2 Å². The molecule has 2 nitrogen and oxygen atoms in total. The van der Waals surface area contributed by atoms with Crippen LogP contribution in [-0.4, -0.2) is 23.8 Å². The van der Waals surface area contributed by atoms with Gasteiger partial charge in [0, 0.05) is 11.5 Å². The molecule has 1 saturated heterocycles. The van der Waals surface area contributed by atoms with E-state index in [1.165, 1.54) is 16.7 Å². The highest BCUT2D eigenvalue weighted by atomic mass is 32.2. The Hall–Kier alpha value is -1.83. The molecule has 1 fully saturated rings. The fourth-order valence-electron chi connectivity index (χ4n) is 2.30. The molecule has 2 aromatic carbocycles. The van der Waals surface area contributed by atoms with Crippen molar-refractivity contribution in [2.45, 2.75) is 4.58 Å². The van der Waals surface area contributed by atoms with Gasteiger partial charge in [0.15, 0.2) is 6.61 Å². The van der Waals surface area contributed by atoms with E-state index in [4.69, 9.17) is 11.3 Å². The summed E-state index contributed by atoms with van der Waals surface area (Å²) in [4.78, 5) is 5.05. The van der Waals surface area contributed by atoms with E-state index in [9.17, 15) is 0 Å². The van der Waals surface area contributed by atoms with E-state index in [0.29, 0.717) is 4.58 Å². The van der Waals surface area contributed by atoms with E-state index in [2.05, 4.69) is 59.6 Å². The molecule has 0 N–H and O–H groups in total. The first-order valence-electron chi connectivity index (χ1n) is 7.36. The third-order valence-electron chi connectivity index (χ3n) is 3.43.